The van der Waals surface area contributed by atoms with Gasteiger partial charge in [-0.05, 0) is 35.9 Å². The smallest absolute Gasteiger partial charge is 0.0995 e. The van der Waals surface area contributed by atoms with Gasteiger partial charge in [-0.3, -0.25) is 0 Å². The maximum absolute atomic E-state index is 8.97. The van der Waals surface area contributed by atoms with Crippen molar-refractivity contribution in [1.29, 1.82) is 5.26 Å². The van der Waals surface area contributed by atoms with Gasteiger partial charge in [0.2, 0.25) is 0 Å². The number of halogens is 1. The first-order chi connectivity index (χ1) is 8.29. The molecule has 0 aliphatic heterocycles. The number of nitrogens with one attached hydrogen (secondary N) is 1. The SMILES string of the molecule is N#Cc1ccccc1CNc1ccc(Br)cc1. The summed E-state index contributed by atoms with van der Waals surface area (Å²) in [5, 5.41) is 12.3. The number of anilines is 1. The summed E-state index contributed by atoms with van der Waals surface area (Å²) in [7, 11) is 0. The molecule has 3 heteroatoms. The Hall–Kier alpha value is -1.79. The van der Waals surface area contributed by atoms with E-state index in [1.165, 1.54) is 0 Å². The summed E-state index contributed by atoms with van der Waals surface area (Å²) in [5.74, 6) is 0. The van der Waals surface area contributed by atoms with E-state index in [0.29, 0.717) is 6.54 Å². The fraction of sp³-hybridized carbons (Fsp3) is 0.0714. The summed E-state index contributed by atoms with van der Waals surface area (Å²) in [6.45, 7) is 0.658. The maximum atomic E-state index is 8.97. The van der Waals surface area contributed by atoms with Crippen LogP contribution in [0.2, 0.25) is 0 Å². The summed E-state index contributed by atoms with van der Waals surface area (Å²) in [4.78, 5) is 0. The molecule has 0 unspecified atom stereocenters. The van der Waals surface area contributed by atoms with Gasteiger partial charge in [0.15, 0.2) is 0 Å². The van der Waals surface area contributed by atoms with Gasteiger partial charge in [0.25, 0.3) is 0 Å². The third-order valence-electron chi connectivity index (χ3n) is 2.47. The Morgan fingerprint density at radius 1 is 1.06 bits per heavy atom. The van der Waals surface area contributed by atoms with Crippen LogP contribution in [0.1, 0.15) is 11.1 Å². The van der Waals surface area contributed by atoms with E-state index in [1.54, 1.807) is 0 Å². The Labute approximate surface area is 109 Å². The number of benzene rings is 2. The third-order valence-corrected chi connectivity index (χ3v) is 2.99. The first-order valence-electron chi connectivity index (χ1n) is 5.27. The molecular weight excluding hydrogens is 276 g/mol. The minimum absolute atomic E-state index is 0.658. The molecule has 84 valence electrons. The fourth-order valence-corrected chi connectivity index (χ4v) is 1.81. The van der Waals surface area contributed by atoms with Crippen molar-refractivity contribution in [2.24, 2.45) is 0 Å². The molecule has 0 bridgehead atoms. The van der Waals surface area contributed by atoms with Crippen LogP contribution >= 0.6 is 15.9 Å². The molecule has 2 nitrogen and oxygen atoms in total. The van der Waals surface area contributed by atoms with Gasteiger partial charge < -0.3 is 5.32 Å². The van der Waals surface area contributed by atoms with Gasteiger partial charge in [0.1, 0.15) is 0 Å². The predicted molar refractivity (Wildman–Crippen MR) is 72.6 cm³/mol. The largest absolute Gasteiger partial charge is 0.381 e. The van der Waals surface area contributed by atoms with Crippen molar-refractivity contribution in [1.82, 2.24) is 0 Å². The second-order valence-electron chi connectivity index (χ2n) is 3.63. The van der Waals surface area contributed by atoms with Crippen molar-refractivity contribution in [2.75, 3.05) is 5.32 Å². The molecule has 2 aromatic carbocycles. The monoisotopic (exact) mass is 286 g/mol. The lowest BCUT2D eigenvalue weighted by Crippen LogP contribution is -2.01. The molecule has 0 aliphatic rings. The number of hydrogen-bond donors (Lipinski definition) is 1. The highest BCUT2D eigenvalue weighted by atomic mass is 79.9. The van der Waals surface area contributed by atoms with Crippen LogP contribution in [0.5, 0.6) is 0 Å². The van der Waals surface area contributed by atoms with Crippen LogP contribution in [0.3, 0.4) is 0 Å². The summed E-state index contributed by atoms with van der Waals surface area (Å²) in [6.07, 6.45) is 0. The van der Waals surface area contributed by atoms with Crippen molar-refractivity contribution in [3.8, 4) is 6.07 Å². The molecule has 0 aliphatic carbocycles. The van der Waals surface area contributed by atoms with E-state index in [9.17, 15) is 0 Å². The second-order valence-corrected chi connectivity index (χ2v) is 4.55. The van der Waals surface area contributed by atoms with Crippen molar-refractivity contribution < 1.29 is 0 Å². The third kappa shape index (κ3) is 3.08. The number of rotatable bonds is 3. The lowest BCUT2D eigenvalue weighted by atomic mass is 10.1. The Kier molecular flexibility index (Phi) is 3.79. The van der Waals surface area contributed by atoms with Crippen molar-refractivity contribution in [3.05, 3.63) is 64.1 Å². The first-order valence-corrected chi connectivity index (χ1v) is 6.06. The average molecular weight is 287 g/mol. The Bertz CT molecular complexity index is 541. The van der Waals surface area contributed by atoms with Crippen LogP contribution in [0.25, 0.3) is 0 Å². The van der Waals surface area contributed by atoms with E-state index in [2.05, 4.69) is 27.3 Å². The normalized spacial score (nSPS) is 9.65. The average Bonchev–Trinajstić information content (AvgIpc) is 2.38. The van der Waals surface area contributed by atoms with Crippen LogP contribution in [-0.2, 0) is 6.54 Å². The Morgan fingerprint density at radius 3 is 2.47 bits per heavy atom. The fourth-order valence-electron chi connectivity index (χ4n) is 1.55. The Balaban J connectivity index is 2.08. The molecular formula is C14H11BrN2. The molecule has 2 aromatic rings. The minimum atomic E-state index is 0.658. The molecule has 0 fully saturated rings. The highest BCUT2D eigenvalue weighted by Crippen LogP contribution is 2.16. The molecule has 17 heavy (non-hydrogen) atoms. The molecule has 2 rings (SSSR count). The van der Waals surface area contributed by atoms with Gasteiger partial charge in [0, 0.05) is 16.7 Å². The Morgan fingerprint density at radius 2 is 1.76 bits per heavy atom. The molecule has 1 N–H and O–H groups in total. The van der Waals surface area contributed by atoms with Gasteiger partial charge in [-0.15, -0.1) is 0 Å². The summed E-state index contributed by atoms with van der Waals surface area (Å²) >= 11 is 3.39. The van der Waals surface area contributed by atoms with Crippen molar-refractivity contribution in [3.63, 3.8) is 0 Å². The lowest BCUT2D eigenvalue weighted by molar-refractivity contribution is 1.14. The summed E-state index contributed by atoms with van der Waals surface area (Å²) in [5.41, 5.74) is 2.77. The van der Waals surface area contributed by atoms with E-state index in [0.717, 1.165) is 21.3 Å². The molecule has 0 radical (unpaired) electrons. The highest BCUT2D eigenvalue weighted by Gasteiger charge is 2.00. The zero-order valence-corrected chi connectivity index (χ0v) is 10.7. The summed E-state index contributed by atoms with van der Waals surface area (Å²) in [6, 6.07) is 17.8. The molecule has 0 amide bonds. The second kappa shape index (κ2) is 5.51. The highest BCUT2D eigenvalue weighted by molar-refractivity contribution is 9.10. The quantitative estimate of drug-likeness (QED) is 0.928. The van der Waals surface area contributed by atoms with Crippen LogP contribution in [-0.4, -0.2) is 0 Å². The molecule has 0 spiro atoms. The number of nitrogens with zero attached hydrogens (tertiary/aromatic N) is 1. The molecule has 0 saturated heterocycles. The van der Waals surface area contributed by atoms with Crippen LogP contribution in [0, 0.1) is 11.3 Å². The number of nitriles is 1. The van der Waals surface area contributed by atoms with E-state index in [-0.39, 0.29) is 0 Å². The van der Waals surface area contributed by atoms with Crippen LogP contribution < -0.4 is 5.32 Å². The van der Waals surface area contributed by atoms with Gasteiger partial charge >= 0.3 is 0 Å². The van der Waals surface area contributed by atoms with Crippen LogP contribution in [0.15, 0.2) is 53.0 Å². The van der Waals surface area contributed by atoms with E-state index in [1.807, 2.05) is 48.5 Å². The predicted octanol–water partition coefficient (Wildman–Crippen LogP) is 3.93. The summed E-state index contributed by atoms with van der Waals surface area (Å²) < 4.78 is 1.06. The zero-order chi connectivity index (χ0) is 12.1. The van der Waals surface area contributed by atoms with Gasteiger partial charge in [-0.25, -0.2) is 0 Å². The maximum Gasteiger partial charge on any atom is 0.0995 e. The molecule has 0 saturated carbocycles. The number of hydrogen-bond acceptors (Lipinski definition) is 2. The van der Waals surface area contributed by atoms with Gasteiger partial charge in [0.05, 0.1) is 11.6 Å². The topological polar surface area (TPSA) is 35.8 Å². The zero-order valence-electron chi connectivity index (χ0n) is 9.15. The van der Waals surface area contributed by atoms with E-state index < -0.39 is 0 Å². The van der Waals surface area contributed by atoms with Crippen LogP contribution in [0.4, 0.5) is 5.69 Å². The first kappa shape index (κ1) is 11.7. The standard InChI is InChI=1S/C14H11BrN2/c15-13-5-7-14(8-6-13)17-10-12-4-2-1-3-11(12)9-16/h1-8,17H,10H2. The lowest BCUT2D eigenvalue weighted by Gasteiger charge is -2.07. The molecule has 0 heterocycles. The van der Waals surface area contributed by atoms with Crippen molar-refractivity contribution in [2.45, 2.75) is 6.54 Å². The van der Waals surface area contributed by atoms with E-state index >= 15 is 0 Å². The van der Waals surface area contributed by atoms with E-state index in [4.69, 9.17) is 5.26 Å². The van der Waals surface area contributed by atoms with Gasteiger partial charge in [-0.2, -0.15) is 5.26 Å². The minimum Gasteiger partial charge on any atom is -0.381 e. The van der Waals surface area contributed by atoms with Crippen molar-refractivity contribution >= 4 is 21.6 Å². The van der Waals surface area contributed by atoms with Gasteiger partial charge in [-0.1, -0.05) is 34.1 Å². The molecule has 0 aromatic heterocycles. The molecule has 0 atom stereocenters.